The Kier molecular flexibility index (Phi) is 6.29. The molecule has 0 fully saturated rings. The highest BCUT2D eigenvalue weighted by Gasteiger charge is 2.16. The highest BCUT2D eigenvalue weighted by Crippen LogP contribution is 2.25. The van der Waals surface area contributed by atoms with Crippen molar-refractivity contribution < 1.29 is 14.7 Å². The van der Waals surface area contributed by atoms with Crippen LogP contribution in [0.3, 0.4) is 0 Å². The molecule has 0 aliphatic carbocycles. The topological polar surface area (TPSA) is 78.4 Å². The van der Waals surface area contributed by atoms with Gasteiger partial charge in [-0.05, 0) is 47.4 Å². The van der Waals surface area contributed by atoms with Gasteiger partial charge in [-0.2, -0.15) is 0 Å². The summed E-state index contributed by atoms with van der Waals surface area (Å²) < 4.78 is 0. The molecule has 0 aliphatic heterocycles. The van der Waals surface area contributed by atoms with Crippen molar-refractivity contribution in [1.82, 2.24) is 5.32 Å². The summed E-state index contributed by atoms with van der Waals surface area (Å²) in [6.45, 7) is 2.02. The third-order valence-electron chi connectivity index (χ3n) is 4.52. The average Bonchev–Trinajstić information content (AvgIpc) is 2.70. The largest absolute Gasteiger partial charge is 0.388 e. The van der Waals surface area contributed by atoms with Gasteiger partial charge in [-0.25, -0.2) is 0 Å². The summed E-state index contributed by atoms with van der Waals surface area (Å²) in [5.74, 6) is -1.54. The quantitative estimate of drug-likeness (QED) is 0.571. The first kappa shape index (κ1) is 19.9. The molecule has 28 heavy (non-hydrogen) atoms. The maximum Gasteiger partial charge on any atom is 0.313 e. The van der Waals surface area contributed by atoms with Gasteiger partial charge >= 0.3 is 11.8 Å². The summed E-state index contributed by atoms with van der Waals surface area (Å²) in [4.78, 5) is 24.0. The van der Waals surface area contributed by atoms with Crippen LogP contribution in [0.1, 0.15) is 23.7 Å². The maximum atomic E-state index is 12.0. The first-order valence-corrected chi connectivity index (χ1v) is 9.34. The molecule has 3 aromatic carbocycles. The molecule has 1 atom stereocenters. The van der Waals surface area contributed by atoms with Crippen LogP contribution in [0, 0.1) is 6.92 Å². The van der Waals surface area contributed by atoms with Gasteiger partial charge in [-0.3, -0.25) is 9.59 Å². The van der Waals surface area contributed by atoms with E-state index in [2.05, 4.69) is 10.6 Å². The van der Waals surface area contributed by atoms with E-state index in [0.29, 0.717) is 17.1 Å². The van der Waals surface area contributed by atoms with Crippen LogP contribution in [0.5, 0.6) is 0 Å². The number of hydrogen-bond donors (Lipinski definition) is 3. The number of carbonyl (C=O) groups excluding carboxylic acids is 2. The fourth-order valence-corrected chi connectivity index (χ4v) is 3.14. The maximum absolute atomic E-state index is 12.0. The summed E-state index contributed by atoms with van der Waals surface area (Å²) in [6, 6.07) is 18.6. The first-order valence-electron chi connectivity index (χ1n) is 8.97. The highest BCUT2D eigenvalue weighted by atomic mass is 35.5. The van der Waals surface area contributed by atoms with Crippen molar-refractivity contribution in [2.24, 2.45) is 0 Å². The van der Waals surface area contributed by atoms with Crippen molar-refractivity contribution in [1.29, 1.82) is 0 Å². The van der Waals surface area contributed by atoms with Crippen LogP contribution in [-0.4, -0.2) is 23.5 Å². The summed E-state index contributed by atoms with van der Waals surface area (Å²) in [5.41, 5.74) is 2.13. The van der Waals surface area contributed by atoms with Gasteiger partial charge in [0, 0.05) is 17.3 Å². The van der Waals surface area contributed by atoms with Gasteiger partial charge in [-0.15, -0.1) is 0 Å². The lowest BCUT2D eigenvalue weighted by molar-refractivity contribution is -0.136. The molecule has 6 heteroatoms. The zero-order valence-electron chi connectivity index (χ0n) is 15.4. The van der Waals surface area contributed by atoms with Crippen molar-refractivity contribution in [3.8, 4) is 0 Å². The molecule has 144 valence electrons. The van der Waals surface area contributed by atoms with Crippen LogP contribution in [0.15, 0.2) is 60.7 Å². The molecule has 0 heterocycles. The summed E-state index contributed by atoms with van der Waals surface area (Å²) >= 11 is 6.02. The first-order chi connectivity index (χ1) is 13.5. The standard InChI is InChI=1S/C22H21ClN2O3/c1-14-9-10-16(13-19(14)23)25-22(28)21(27)24-12-11-20(26)18-8-4-6-15-5-2-3-7-17(15)18/h2-10,13,20,26H,11-12H2,1H3,(H,24,27)(H,25,28)/t20-/m1/s1. The number of anilines is 1. The minimum atomic E-state index is -0.778. The number of aryl methyl sites for hydroxylation is 1. The monoisotopic (exact) mass is 396 g/mol. The average molecular weight is 397 g/mol. The van der Waals surface area contributed by atoms with Gasteiger partial charge < -0.3 is 15.7 Å². The molecule has 0 spiro atoms. The zero-order chi connectivity index (χ0) is 20.1. The van der Waals surface area contributed by atoms with Crippen LogP contribution < -0.4 is 10.6 Å². The van der Waals surface area contributed by atoms with Crippen LogP contribution in [0.2, 0.25) is 5.02 Å². The number of benzene rings is 3. The van der Waals surface area contributed by atoms with Crippen molar-refractivity contribution >= 4 is 39.9 Å². The zero-order valence-corrected chi connectivity index (χ0v) is 16.2. The van der Waals surface area contributed by atoms with E-state index in [1.54, 1.807) is 18.2 Å². The fourth-order valence-electron chi connectivity index (χ4n) is 2.96. The molecule has 0 aromatic heterocycles. The number of aliphatic hydroxyl groups is 1. The van der Waals surface area contributed by atoms with Crippen molar-refractivity contribution in [2.75, 3.05) is 11.9 Å². The molecule has 3 N–H and O–H groups in total. The van der Waals surface area contributed by atoms with Gasteiger partial charge in [0.05, 0.1) is 6.10 Å². The Labute approximate surface area is 168 Å². The molecule has 3 rings (SSSR count). The Morgan fingerprint density at radius 1 is 1.04 bits per heavy atom. The molecule has 0 saturated heterocycles. The third-order valence-corrected chi connectivity index (χ3v) is 4.93. The Balaban J connectivity index is 1.54. The van der Waals surface area contributed by atoms with E-state index in [0.717, 1.165) is 21.9 Å². The predicted molar refractivity (Wildman–Crippen MR) is 111 cm³/mol. The number of carbonyl (C=O) groups is 2. The molecule has 0 aliphatic rings. The lowest BCUT2D eigenvalue weighted by atomic mass is 9.99. The van der Waals surface area contributed by atoms with Crippen molar-refractivity contribution in [2.45, 2.75) is 19.4 Å². The lowest BCUT2D eigenvalue weighted by Crippen LogP contribution is -2.36. The van der Waals surface area contributed by atoms with Crippen LogP contribution in [0.4, 0.5) is 5.69 Å². The lowest BCUT2D eigenvalue weighted by Gasteiger charge is -2.14. The molecular formula is C22H21ClN2O3. The Bertz CT molecular complexity index is 1010. The van der Waals surface area contributed by atoms with Gasteiger partial charge in [0.15, 0.2) is 0 Å². The Hall–Kier alpha value is -2.89. The SMILES string of the molecule is Cc1ccc(NC(=O)C(=O)NCC[C@@H](O)c2cccc3ccccc23)cc1Cl. The smallest absolute Gasteiger partial charge is 0.313 e. The summed E-state index contributed by atoms with van der Waals surface area (Å²) in [7, 11) is 0. The number of aliphatic hydroxyl groups excluding tert-OH is 1. The van der Waals surface area contributed by atoms with E-state index >= 15 is 0 Å². The number of halogens is 1. The van der Waals surface area contributed by atoms with E-state index in [-0.39, 0.29) is 6.54 Å². The molecular weight excluding hydrogens is 376 g/mol. The normalized spacial score (nSPS) is 11.8. The molecule has 0 radical (unpaired) electrons. The number of fused-ring (bicyclic) bond motifs is 1. The van der Waals surface area contributed by atoms with Gasteiger partial charge in [-0.1, -0.05) is 60.1 Å². The van der Waals surface area contributed by atoms with Crippen molar-refractivity contribution in [3.05, 3.63) is 76.8 Å². The Morgan fingerprint density at radius 2 is 1.79 bits per heavy atom. The molecule has 2 amide bonds. The second-order valence-electron chi connectivity index (χ2n) is 6.55. The second-order valence-corrected chi connectivity index (χ2v) is 6.95. The van der Waals surface area contributed by atoms with Gasteiger partial charge in [0.1, 0.15) is 0 Å². The van der Waals surface area contributed by atoms with Gasteiger partial charge in [0.25, 0.3) is 0 Å². The molecule has 0 unspecified atom stereocenters. The third kappa shape index (κ3) is 4.68. The molecule has 3 aromatic rings. The van der Waals surface area contributed by atoms with E-state index in [4.69, 9.17) is 11.6 Å². The number of rotatable bonds is 5. The highest BCUT2D eigenvalue weighted by molar-refractivity contribution is 6.39. The predicted octanol–water partition coefficient (Wildman–Crippen LogP) is 3.98. The van der Waals surface area contributed by atoms with Crippen molar-refractivity contribution in [3.63, 3.8) is 0 Å². The molecule has 0 bridgehead atoms. The summed E-state index contributed by atoms with van der Waals surface area (Å²) in [5, 5.41) is 18.1. The number of amides is 2. The minimum Gasteiger partial charge on any atom is -0.388 e. The minimum absolute atomic E-state index is 0.172. The molecule has 5 nitrogen and oxygen atoms in total. The number of nitrogens with one attached hydrogen (secondary N) is 2. The Morgan fingerprint density at radius 3 is 2.57 bits per heavy atom. The van der Waals surface area contributed by atoms with E-state index < -0.39 is 17.9 Å². The van der Waals surface area contributed by atoms with Crippen LogP contribution in [0.25, 0.3) is 10.8 Å². The van der Waals surface area contributed by atoms with Gasteiger partial charge in [0.2, 0.25) is 0 Å². The summed E-state index contributed by atoms with van der Waals surface area (Å²) in [6.07, 6.45) is -0.450. The van der Waals surface area contributed by atoms with E-state index in [1.165, 1.54) is 0 Å². The number of hydrogen-bond acceptors (Lipinski definition) is 3. The van der Waals surface area contributed by atoms with E-state index in [9.17, 15) is 14.7 Å². The van der Waals surface area contributed by atoms with Crippen LogP contribution in [-0.2, 0) is 9.59 Å². The van der Waals surface area contributed by atoms with E-state index in [1.807, 2.05) is 49.4 Å². The van der Waals surface area contributed by atoms with Crippen LogP contribution >= 0.6 is 11.6 Å². The fraction of sp³-hybridized carbons (Fsp3) is 0.182. The molecule has 0 saturated carbocycles. The second kappa shape index (κ2) is 8.87.